The average molecular weight is 461 g/mol. The zero-order valence-corrected chi connectivity index (χ0v) is 19.6. The largest absolute Gasteiger partial charge is 0.463 e. The molecule has 0 bridgehead atoms. The first kappa shape index (κ1) is 27.8. The highest BCUT2D eigenvalue weighted by molar-refractivity contribution is 5.68. The molecule has 184 valence electrons. The van der Waals surface area contributed by atoms with E-state index in [1.54, 1.807) is 0 Å². The van der Waals surface area contributed by atoms with Crippen molar-refractivity contribution in [2.45, 2.75) is 104 Å². The first-order valence-electron chi connectivity index (χ1n) is 11.1. The highest BCUT2D eigenvalue weighted by Gasteiger charge is 2.52. The Kier molecular flexibility index (Phi) is 12.9. The number of esters is 4. The normalized spacial score (nSPS) is 25.0. The Bertz CT molecular complexity index is 620. The fourth-order valence-electron chi connectivity index (χ4n) is 3.40. The highest BCUT2D eigenvalue weighted by Crippen LogP contribution is 2.30. The molecule has 1 unspecified atom stereocenters. The molecule has 1 rings (SSSR count). The summed E-state index contributed by atoms with van der Waals surface area (Å²) in [6.45, 7) is 6.97. The van der Waals surface area contributed by atoms with Crippen LogP contribution in [-0.2, 0) is 47.6 Å². The summed E-state index contributed by atoms with van der Waals surface area (Å²) in [6.07, 6.45) is 0.641. The van der Waals surface area contributed by atoms with E-state index in [0.29, 0.717) is 6.61 Å². The second kappa shape index (κ2) is 14.8. The van der Waals surface area contributed by atoms with E-state index < -0.39 is 54.6 Å². The lowest BCUT2D eigenvalue weighted by molar-refractivity contribution is -0.308. The summed E-state index contributed by atoms with van der Waals surface area (Å²) in [6, 6.07) is 0. The van der Waals surface area contributed by atoms with Crippen molar-refractivity contribution in [2.24, 2.45) is 0 Å². The van der Waals surface area contributed by atoms with E-state index in [4.69, 9.17) is 28.4 Å². The average Bonchev–Trinajstić information content (AvgIpc) is 2.68. The minimum Gasteiger partial charge on any atom is -0.463 e. The van der Waals surface area contributed by atoms with E-state index in [9.17, 15) is 19.2 Å². The molecule has 32 heavy (non-hydrogen) atoms. The van der Waals surface area contributed by atoms with Crippen LogP contribution in [0.4, 0.5) is 0 Å². The van der Waals surface area contributed by atoms with Crippen LogP contribution in [0.15, 0.2) is 0 Å². The quantitative estimate of drug-likeness (QED) is 0.230. The third-order valence-corrected chi connectivity index (χ3v) is 4.73. The fraction of sp³-hybridized carbons (Fsp3) is 0.818. The molecular weight excluding hydrogens is 424 g/mol. The molecule has 1 saturated heterocycles. The van der Waals surface area contributed by atoms with E-state index >= 15 is 0 Å². The van der Waals surface area contributed by atoms with Gasteiger partial charge in [0.05, 0.1) is 0 Å². The molecule has 10 heteroatoms. The lowest BCUT2D eigenvalue weighted by Crippen LogP contribution is -2.63. The van der Waals surface area contributed by atoms with Gasteiger partial charge in [0, 0.05) is 34.3 Å². The van der Waals surface area contributed by atoms with Crippen LogP contribution in [0.2, 0.25) is 0 Å². The predicted molar refractivity (Wildman–Crippen MR) is 111 cm³/mol. The first-order chi connectivity index (χ1) is 15.1. The monoisotopic (exact) mass is 460 g/mol. The van der Waals surface area contributed by atoms with Crippen LogP contribution >= 0.6 is 0 Å². The highest BCUT2D eigenvalue weighted by atomic mass is 16.7. The topological polar surface area (TPSA) is 124 Å². The number of hydrogen-bond donors (Lipinski definition) is 0. The SMILES string of the molecule is CCCCCCCCOC1O[C@H](COC(C)=O)[C@H](OC(C)=O)[C@H](OC(C)=O)[C@H]1OC(C)=O. The standard InChI is InChI=1S/C22H36O10/c1-6-7-8-9-10-11-12-27-22-21(31-17(5)26)20(30-16(4)25)19(29-15(3)24)18(32-22)13-28-14(2)23/h18-22H,6-13H2,1-5H3/t18-,19+,20+,21-,22?/m1/s1. The van der Waals surface area contributed by atoms with E-state index in [1.165, 1.54) is 34.1 Å². The van der Waals surface area contributed by atoms with Gasteiger partial charge in [-0.15, -0.1) is 0 Å². The summed E-state index contributed by atoms with van der Waals surface area (Å²) in [4.78, 5) is 46.5. The first-order valence-corrected chi connectivity index (χ1v) is 11.1. The molecule has 0 aliphatic carbocycles. The van der Waals surface area contributed by atoms with Gasteiger partial charge in [-0.05, 0) is 6.42 Å². The van der Waals surface area contributed by atoms with Crippen LogP contribution < -0.4 is 0 Å². The lowest BCUT2D eigenvalue weighted by atomic mass is 9.98. The summed E-state index contributed by atoms with van der Waals surface area (Å²) in [5.74, 6) is -2.56. The number of unbranched alkanes of at least 4 members (excludes halogenated alkanes) is 5. The van der Waals surface area contributed by atoms with Crippen LogP contribution in [0.25, 0.3) is 0 Å². The van der Waals surface area contributed by atoms with Crippen molar-refractivity contribution >= 4 is 23.9 Å². The second-order valence-corrected chi connectivity index (χ2v) is 7.71. The molecule has 1 heterocycles. The molecule has 1 aliphatic heterocycles. The smallest absolute Gasteiger partial charge is 0.303 e. The molecule has 0 spiro atoms. The summed E-state index contributed by atoms with van der Waals surface area (Å²) < 4.78 is 32.8. The summed E-state index contributed by atoms with van der Waals surface area (Å²) >= 11 is 0. The third kappa shape index (κ3) is 10.4. The molecule has 0 N–H and O–H groups in total. The number of carbonyl (C=O) groups is 4. The zero-order valence-electron chi connectivity index (χ0n) is 19.6. The molecule has 0 aromatic carbocycles. The predicted octanol–water partition coefficient (Wildman–Crippen LogP) is 2.45. The van der Waals surface area contributed by atoms with Crippen molar-refractivity contribution in [3.63, 3.8) is 0 Å². The van der Waals surface area contributed by atoms with Crippen molar-refractivity contribution in [2.75, 3.05) is 13.2 Å². The van der Waals surface area contributed by atoms with Gasteiger partial charge >= 0.3 is 23.9 Å². The van der Waals surface area contributed by atoms with Crippen LogP contribution in [0.3, 0.4) is 0 Å². The third-order valence-electron chi connectivity index (χ3n) is 4.73. The molecule has 5 atom stereocenters. The van der Waals surface area contributed by atoms with Gasteiger partial charge in [-0.1, -0.05) is 39.0 Å². The molecule has 10 nitrogen and oxygen atoms in total. The van der Waals surface area contributed by atoms with Gasteiger partial charge < -0.3 is 28.4 Å². The van der Waals surface area contributed by atoms with Gasteiger partial charge in [0.1, 0.15) is 12.7 Å². The fourth-order valence-corrected chi connectivity index (χ4v) is 3.40. The number of hydrogen-bond acceptors (Lipinski definition) is 10. The maximum absolute atomic E-state index is 11.8. The van der Waals surface area contributed by atoms with E-state index in [2.05, 4.69) is 6.92 Å². The van der Waals surface area contributed by atoms with E-state index in [-0.39, 0.29) is 6.61 Å². The van der Waals surface area contributed by atoms with Crippen LogP contribution in [0, 0.1) is 0 Å². The Morgan fingerprint density at radius 2 is 1.22 bits per heavy atom. The molecule has 1 fully saturated rings. The molecule has 0 aromatic rings. The van der Waals surface area contributed by atoms with Crippen molar-refractivity contribution in [3.8, 4) is 0 Å². The van der Waals surface area contributed by atoms with Crippen molar-refractivity contribution in [1.82, 2.24) is 0 Å². The Labute approximate surface area is 189 Å². The lowest BCUT2D eigenvalue weighted by Gasteiger charge is -2.44. The Morgan fingerprint density at radius 1 is 0.688 bits per heavy atom. The van der Waals surface area contributed by atoms with Gasteiger partial charge in [-0.3, -0.25) is 19.2 Å². The van der Waals surface area contributed by atoms with Crippen LogP contribution in [-0.4, -0.2) is 67.8 Å². The van der Waals surface area contributed by atoms with Gasteiger partial charge in [0.15, 0.2) is 24.6 Å². The molecule has 0 aromatic heterocycles. The maximum Gasteiger partial charge on any atom is 0.303 e. The van der Waals surface area contributed by atoms with Crippen molar-refractivity contribution in [1.29, 1.82) is 0 Å². The molecule has 0 radical (unpaired) electrons. The van der Waals surface area contributed by atoms with E-state index in [1.807, 2.05) is 0 Å². The summed E-state index contributed by atoms with van der Waals surface area (Å²) in [5.41, 5.74) is 0. The maximum atomic E-state index is 11.8. The van der Waals surface area contributed by atoms with Gasteiger partial charge in [0.25, 0.3) is 0 Å². The van der Waals surface area contributed by atoms with Crippen LogP contribution in [0.5, 0.6) is 0 Å². The van der Waals surface area contributed by atoms with Gasteiger partial charge in [-0.2, -0.15) is 0 Å². The zero-order chi connectivity index (χ0) is 24.1. The van der Waals surface area contributed by atoms with Gasteiger partial charge in [0.2, 0.25) is 0 Å². The Balaban J connectivity index is 3.01. The van der Waals surface area contributed by atoms with Crippen molar-refractivity contribution in [3.05, 3.63) is 0 Å². The van der Waals surface area contributed by atoms with Crippen LogP contribution in [0.1, 0.15) is 73.1 Å². The summed E-state index contributed by atoms with van der Waals surface area (Å²) in [7, 11) is 0. The Morgan fingerprint density at radius 3 is 1.78 bits per heavy atom. The van der Waals surface area contributed by atoms with Gasteiger partial charge in [-0.25, -0.2) is 0 Å². The summed E-state index contributed by atoms with van der Waals surface area (Å²) in [5, 5.41) is 0. The molecule has 0 saturated carbocycles. The number of carbonyl (C=O) groups excluding carboxylic acids is 4. The minimum atomic E-state index is -1.20. The number of rotatable bonds is 13. The molecule has 1 aliphatic rings. The minimum absolute atomic E-state index is 0.269. The van der Waals surface area contributed by atoms with E-state index in [0.717, 1.165) is 32.1 Å². The second-order valence-electron chi connectivity index (χ2n) is 7.71. The molecular formula is C22H36O10. The number of ether oxygens (including phenoxy) is 6. The Hall–Kier alpha value is -2.20. The molecule has 0 amide bonds. The van der Waals surface area contributed by atoms with Crippen molar-refractivity contribution < 1.29 is 47.6 Å².